The third kappa shape index (κ3) is 10.4. The third-order valence-electron chi connectivity index (χ3n) is 10.7. The van der Waals surface area contributed by atoms with Crippen molar-refractivity contribution in [3.8, 4) is 17.6 Å². The first-order chi connectivity index (χ1) is 29.7. The SMILES string of the molecule is CC(=O)c1ccc(NC(=O)c2ccc(NC(=O)c3ccc(NC(=O)C(CC#N)CC(=O)c4ccc(CC(=O)c5ccc(N6CCOCC6)cc5)cc4)cc3)c(C)c2O)c(C)c1O. The smallest absolute Gasteiger partial charge is 0.259 e. The van der Waals surface area contributed by atoms with Gasteiger partial charge in [0.25, 0.3) is 11.8 Å². The van der Waals surface area contributed by atoms with Crippen molar-refractivity contribution in [1.29, 1.82) is 5.26 Å². The number of hydrogen-bond acceptors (Lipinski definition) is 11. The second kappa shape index (κ2) is 19.6. The van der Waals surface area contributed by atoms with Crippen LogP contribution in [-0.4, -0.2) is 71.6 Å². The van der Waals surface area contributed by atoms with E-state index in [1.54, 1.807) is 31.2 Å². The number of anilines is 4. The molecule has 0 aliphatic carbocycles. The molecule has 1 fully saturated rings. The highest BCUT2D eigenvalue weighted by atomic mass is 16.5. The van der Waals surface area contributed by atoms with Crippen molar-refractivity contribution in [3.63, 3.8) is 0 Å². The summed E-state index contributed by atoms with van der Waals surface area (Å²) < 4.78 is 5.41. The van der Waals surface area contributed by atoms with Crippen molar-refractivity contribution in [2.45, 2.75) is 40.0 Å². The number of benzene rings is 5. The van der Waals surface area contributed by atoms with E-state index >= 15 is 0 Å². The molecule has 0 radical (unpaired) electrons. The van der Waals surface area contributed by atoms with E-state index in [1.807, 2.05) is 30.3 Å². The van der Waals surface area contributed by atoms with Crippen molar-refractivity contribution >= 4 is 57.8 Å². The van der Waals surface area contributed by atoms with Gasteiger partial charge in [0, 0.05) is 82.9 Å². The molecule has 3 amide bonds. The highest BCUT2D eigenvalue weighted by molar-refractivity contribution is 6.10. The lowest BCUT2D eigenvalue weighted by Gasteiger charge is -2.28. The average Bonchev–Trinajstić information content (AvgIpc) is 3.27. The first kappa shape index (κ1) is 43.9. The summed E-state index contributed by atoms with van der Waals surface area (Å²) in [5.41, 5.74) is 4.24. The Morgan fingerprint density at radius 2 is 1.21 bits per heavy atom. The van der Waals surface area contributed by atoms with Crippen LogP contribution in [0.3, 0.4) is 0 Å². The fourth-order valence-electron chi connectivity index (χ4n) is 6.96. The summed E-state index contributed by atoms with van der Waals surface area (Å²) in [6.07, 6.45) is -0.283. The van der Waals surface area contributed by atoms with Crippen LogP contribution in [0, 0.1) is 31.1 Å². The fraction of sp³-hybridized carbons (Fsp3) is 0.229. The summed E-state index contributed by atoms with van der Waals surface area (Å²) in [7, 11) is 0. The zero-order valence-electron chi connectivity index (χ0n) is 34.4. The minimum atomic E-state index is -0.957. The molecule has 1 aliphatic rings. The van der Waals surface area contributed by atoms with Crippen LogP contribution in [0.1, 0.15) is 88.2 Å². The van der Waals surface area contributed by atoms with Crippen LogP contribution in [0.4, 0.5) is 22.7 Å². The Morgan fingerprint density at radius 3 is 1.81 bits per heavy atom. The summed E-state index contributed by atoms with van der Waals surface area (Å²) in [6.45, 7) is 7.31. The van der Waals surface area contributed by atoms with E-state index in [4.69, 9.17) is 4.74 Å². The fourth-order valence-corrected chi connectivity index (χ4v) is 6.96. The number of phenolic OH excluding ortho intramolecular Hbond substituents is 2. The molecule has 14 nitrogen and oxygen atoms in total. The first-order valence-electron chi connectivity index (χ1n) is 19.9. The Bertz CT molecular complexity index is 2570. The Morgan fingerprint density at radius 1 is 0.677 bits per heavy atom. The lowest BCUT2D eigenvalue weighted by atomic mass is 9.94. The molecule has 0 bridgehead atoms. The predicted molar refractivity (Wildman–Crippen MR) is 233 cm³/mol. The number of ketones is 3. The van der Waals surface area contributed by atoms with Gasteiger partial charge in [-0.15, -0.1) is 0 Å². The molecule has 5 N–H and O–H groups in total. The van der Waals surface area contributed by atoms with E-state index in [0.29, 0.717) is 30.0 Å². The van der Waals surface area contributed by atoms with Crippen LogP contribution in [0.15, 0.2) is 97.1 Å². The lowest BCUT2D eigenvalue weighted by molar-refractivity contribution is -0.119. The summed E-state index contributed by atoms with van der Waals surface area (Å²) in [4.78, 5) is 79.7. The molecule has 0 saturated carbocycles. The van der Waals surface area contributed by atoms with Crippen LogP contribution in [-0.2, 0) is 16.0 Å². The van der Waals surface area contributed by atoms with E-state index in [0.717, 1.165) is 24.3 Å². The number of nitrogens with zero attached hydrogens (tertiary/aromatic N) is 2. The Kier molecular flexibility index (Phi) is 13.9. The number of carbonyl (C=O) groups is 6. The molecule has 5 aromatic rings. The van der Waals surface area contributed by atoms with Crippen molar-refractivity contribution in [2.24, 2.45) is 5.92 Å². The number of aromatic hydroxyl groups is 2. The molecule has 6 rings (SSSR count). The molecule has 1 atom stereocenters. The van der Waals surface area contributed by atoms with E-state index in [2.05, 4.69) is 20.9 Å². The lowest BCUT2D eigenvalue weighted by Crippen LogP contribution is -2.36. The molecular weight excluding hydrogens is 791 g/mol. The monoisotopic (exact) mass is 835 g/mol. The number of nitrogens with one attached hydrogen (secondary N) is 3. The standard InChI is InChI=1S/C48H45N5O9/c1-28-41(18-16-38(30(3)54)44(28)57)52-48(61)39-17-19-40(29(2)45(39)58)51-46(59)34-8-12-36(13-9-34)50-47(60)35(20-21-49)27-43(56)32-6-4-31(5-7-32)26-42(55)33-10-14-37(15-11-33)53-22-24-62-25-23-53/h4-19,35,57-58H,20,22-27H2,1-3H3,(H,50,60)(H,51,59)(H,52,61). The van der Waals surface area contributed by atoms with Crippen molar-refractivity contribution in [1.82, 2.24) is 0 Å². The van der Waals surface area contributed by atoms with Crippen LogP contribution >= 0.6 is 0 Å². The number of phenols is 2. The van der Waals surface area contributed by atoms with Gasteiger partial charge in [0.2, 0.25) is 5.91 Å². The van der Waals surface area contributed by atoms with E-state index < -0.39 is 23.6 Å². The Labute approximate surface area is 358 Å². The van der Waals surface area contributed by atoms with Crippen LogP contribution < -0.4 is 20.9 Å². The summed E-state index contributed by atoms with van der Waals surface area (Å²) >= 11 is 0. The minimum Gasteiger partial charge on any atom is -0.507 e. The van der Waals surface area contributed by atoms with Crippen LogP contribution in [0.25, 0.3) is 0 Å². The second-order valence-electron chi connectivity index (χ2n) is 14.9. The molecule has 316 valence electrons. The number of carbonyl (C=O) groups excluding carboxylic acids is 6. The van der Waals surface area contributed by atoms with Gasteiger partial charge < -0.3 is 35.8 Å². The number of rotatable bonds is 15. The van der Waals surface area contributed by atoms with E-state index in [1.165, 1.54) is 62.4 Å². The van der Waals surface area contributed by atoms with Crippen molar-refractivity contribution < 1.29 is 43.7 Å². The number of Topliss-reactive ketones (excluding diaryl/α,β-unsaturated/α-hetero) is 3. The molecule has 1 heterocycles. The molecule has 0 aromatic heterocycles. The zero-order valence-corrected chi connectivity index (χ0v) is 34.4. The normalized spacial score (nSPS) is 12.7. The highest BCUT2D eigenvalue weighted by Gasteiger charge is 2.24. The number of hydrogen-bond donors (Lipinski definition) is 5. The largest absolute Gasteiger partial charge is 0.507 e. The maximum absolute atomic E-state index is 13.3. The Hall–Kier alpha value is -7.63. The topological polar surface area (TPSA) is 215 Å². The first-order valence-corrected chi connectivity index (χ1v) is 19.9. The van der Waals surface area contributed by atoms with Crippen molar-refractivity contribution in [2.75, 3.05) is 47.2 Å². The second-order valence-corrected chi connectivity index (χ2v) is 14.9. The molecule has 1 unspecified atom stereocenters. The average molecular weight is 836 g/mol. The molecule has 0 spiro atoms. The van der Waals surface area contributed by atoms with E-state index in [9.17, 15) is 44.2 Å². The maximum Gasteiger partial charge on any atom is 0.259 e. The van der Waals surface area contributed by atoms with Gasteiger partial charge in [-0.05, 0) is 99.1 Å². The molecular formula is C48H45N5O9. The van der Waals surface area contributed by atoms with Crippen molar-refractivity contribution in [3.05, 3.63) is 142 Å². The number of ether oxygens (including phenoxy) is 1. The summed E-state index contributed by atoms with van der Waals surface area (Å²) in [5, 5.41) is 38.7. The molecule has 5 aromatic carbocycles. The molecule has 62 heavy (non-hydrogen) atoms. The molecule has 14 heteroatoms. The third-order valence-corrected chi connectivity index (χ3v) is 10.7. The Balaban J connectivity index is 1.01. The van der Waals surface area contributed by atoms with E-state index in [-0.39, 0.29) is 87.3 Å². The van der Waals surface area contributed by atoms with Gasteiger partial charge in [0.15, 0.2) is 17.3 Å². The summed E-state index contributed by atoms with van der Waals surface area (Å²) in [6, 6.07) is 27.7. The maximum atomic E-state index is 13.3. The van der Waals surface area contributed by atoms with Gasteiger partial charge in [-0.1, -0.05) is 24.3 Å². The summed E-state index contributed by atoms with van der Waals surface area (Å²) in [5.74, 6) is -4.09. The number of amides is 3. The van der Waals surface area contributed by atoms with Gasteiger partial charge in [0.05, 0.1) is 36.3 Å². The number of nitriles is 1. The quantitative estimate of drug-likeness (QED) is 0.0654. The van der Waals surface area contributed by atoms with Gasteiger partial charge in [-0.3, -0.25) is 28.8 Å². The van der Waals surface area contributed by atoms with Crippen LogP contribution in [0.5, 0.6) is 11.5 Å². The van der Waals surface area contributed by atoms with Gasteiger partial charge in [-0.2, -0.15) is 5.26 Å². The molecule has 1 saturated heterocycles. The molecule has 1 aliphatic heterocycles. The van der Waals surface area contributed by atoms with Gasteiger partial charge in [0.1, 0.15) is 11.5 Å². The van der Waals surface area contributed by atoms with Crippen LogP contribution in [0.2, 0.25) is 0 Å². The zero-order chi connectivity index (χ0) is 44.5. The highest BCUT2D eigenvalue weighted by Crippen LogP contribution is 2.33. The minimum absolute atomic E-state index is 0.0588. The number of morpholine rings is 1. The van der Waals surface area contributed by atoms with Gasteiger partial charge >= 0.3 is 0 Å². The van der Waals surface area contributed by atoms with Gasteiger partial charge in [-0.25, -0.2) is 0 Å². The predicted octanol–water partition coefficient (Wildman–Crippen LogP) is 7.43.